The number of carbonyl (C=O) groups excluding carboxylic acids is 1. The van der Waals surface area contributed by atoms with Crippen molar-refractivity contribution in [3.8, 4) is 5.75 Å². The molecule has 1 saturated heterocycles. The lowest BCUT2D eigenvalue weighted by atomic mass is 9.83. The molecule has 2 aromatic rings. The van der Waals surface area contributed by atoms with Crippen LogP contribution in [0.2, 0.25) is 0 Å². The molecule has 0 amide bonds. The Morgan fingerprint density at radius 3 is 2.57 bits per heavy atom. The number of hydrogen-bond acceptors (Lipinski definition) is 5. The zero-order chi connectivity index (χ0) is 19.6. The van der Waals surface area contributed by atoms with Crippen LogP contribution in [-0.4, -0.2) is 42.7 Å². The molecule has 2 aliphatic heterocycles. The van der Waals surface area contributed by atoms with Gasteiger partial charge in [-0.15, -0.1) is 0 Å². The van der Waals surface area contributed by atoms with E-state index in [-0.39, 0.29) is 11.6 Å². The number of nitrogens with two attached hydrogens (primary N) is 1. The summed E-state index contributed by atoms with van der Waals surface area (Å²) in [7, 11) is 0. The number of esters is 1. The highest BCUT2D eigenvalue weighted by Gasteiger charge is 2.39. The van der Waals surface area contributed by atoms with Crippen LogP contribution in [0.1, 0.15) is 30.9 Å². The summed E-state index contributed by atoms with van der Waals surface area (Å²) in [5.74, 6) is 0.752. The number of nitrogen functional groups attached to an aromatic ring is 1. The van der Waals surface area contributed by atoms with Gasteiger partial charge in [0, 0.05) is 37.2 Å². The van der Waals surface area contributed by atoms with E-state index in [2.05, 4.69) is 29.2 Å². The standard InChI is InChI=1S/C23H26N2O3/c1-2-27-22(26)16-25-13-11-23(12-14-25)15-20(17-7-9-18(24)10-8-17)19-5-3-4-6-21(19)28-23/h3-10,15H,2,11-14,16,24H2,1H3. The minimum absolute atomic E-state index is 0.161. The molecular weight excluding hydrogens is 352 g/mol. The van der Waals surface area contributed by atoms with E-state index in [1.165, 1.54) is 5.57 Å². The van der Waals surface area contributed by atoms with E-state index in [0.717, 1.165) is 48.5 Å². The third-order valence-corrected chi connectivity index (χ3v) is 5.48. The Morgan fingerprint density at radius 1 is 1.14 bits per heavy atom. The molecular formula is C23H26N2O3. The number of carbonyl (C=O) groups is 1. The fourth-order valence-electron chi connectivity index (χ4n) is 3.99. The van der Waals surface area contributed by atoms with E-state index in [0.29, 0.717) is 13.2 Å². The van der Waals surface area contributed by atoms with E-state index in [9.17, 15) is 4.79 Å². The summed E-state index contributed by atoms with van der Waals surface area (Å²) in [6, 6.07) is 16.2. The minimum Gasteiger partial charge on any atom is -0.482 e. The summed E-state index contributed by atoms with van der Waals surface area (Å²) >= 11 is 0. The first-order chi connectivity index (χ1) is 13.6. The molecule has 5 heteroatoms. The molecule has 1 spiro atoms. The fourth-order valence-corrected chi connectivity index (χ4v) is 3.99. The van der Waals surface area contributed by atoms with Crippen molar-refractivity contribution in [2.24, 2.45) is 0 Å². The lowest BCUT2D eigenvalue weighted by Gasteiger charge is -2.43. The van der Waals surface area contributed by atoms with Gasteiger partial charge < -0.3 is 15.2 Å². The van der Waals surface area contributed by atoms with Gasteiger partial charge in [0.2, 0.25) is 0 Å². The smallest absolute Gasteiger partial charge is 0.320 e. The zero-order valence-corrected chi connectivity index (χ0v) is 16.2. The van der Waals surface area contributed by atoms with Crippen LogP contribution in [0.4, 0.5) is 5.69 Å². The van der Waals surface area contributed by atoms with Crippen molar-refractivity contribution in [2.45, 2.75) is 25.4 Å². The molecule has 4 rings (SSSR count). The van der Waals surface area contributed by atoms with E-state index in [1.807, 2.05) is 37.3 Å². The predicted molar refractivity (Wildman–Crippen MR) is 110 cm³/mol. The molecule has 2 N–H and O–H groups in total. The number of para-hydroxylation sites is 1. The number of nitrogens with zero attached hydrogens (tertiary/aromatic N) is 1. The molecule has 2 heterocycles. The van der Waals surface area contributed by atoms with Crippen LogP contribution < -0.4 is 10.5 Å². The number of ether oxygens (including phenoxy) is 2. The maximum atomic E-state index is 11.8. The van der Waals surface area contributed by atoms with Gasteiger partial charge in [-0.2, -0.15) is 0 Å². The van der Waals surface area contributed by atoms with Crippen LogP contribution in [0.3, 0.4) is 0 Å². The number of hydrogen-bond donors (Lipinski definition) is 1. The molecule has 28 heavy (non-hydrogen) atoms. The maximum Gasteiger partial charge on any atom is 0.320 e. The first kappa shape index (κ1) is 18.6. The second-order valence-corrected chi connectivity index (χ2v) is 7.42. The third-order valence-electron chi connectivity index (χ3n) is 5.48. The summed E-state index contributed by atoms with van der Waals surface area (Å²) in [6.45, 7) is 4.19. The van der Waals surface area contributed by atoms with Gasteiger partial charge in [-0.05, 0) is 42.3 Å². The Hall–Kier alpha value is -2.79. The van der Waals surface area contributed by atoms with Crippen molar-refractivity contribution in [1.29, 1.82) is 0 Å². The van der Waals surface area contributed by atoms with E-state index < -0.39 is 0 Å². The van der Waals surface area contributed by atoms with Crippen molar-refractivity contribution >= 4 is 17.2 Å². The average molecular weight is 378 g/mol. The second kappa shape index (κ2) is 7.68. The first-order valence-corrected chi connectivity index (χ1v) is 9.84. The van der Waals surface area contributed by atoms with Crippen LogP contribution in [0, 0.1) is 0 Å². The number of likely N-dealkylation sites (tertiary alicyclic amines) is 1. The highest BCUT2D eigenvalue weighted by Crippen LogP contribution is 2.43. The van der Waals surface area contributed by atoms with Gasteiger partial charge in [-0.3, -0.25) is 9.69 Å². The normalized spacial score (nSPS) is 18.1. The minimum atomic E-state index is -0.351. The van der Waals surface area contributed by atoms with Crippen molar-refractivity contribution in [3.05, 3.63) is 65.7 Å². The SMILES string of the molecule is CCOC(=O)CN1CCC2(C=C(c3ccc(N)cc3)c3ccccc3O2)CC1. The van der Waals surface area contributed by atoms with Crippen LogP contribution in [0.15, 0.2) is 54.6 Å². The highest BCUT2D eigenvalue weighted by atomic mass is 16.5. The molecule has 0 bridgehead atoms. The molecule has 0 radical (unpaired) electrons. The molecule has 2 aliphatic rings. The molecule has 0 aromatic heterocycles. The number of fused-ring (bicyclic) bond motifs is 1. The molecule has 0 aliphatic carbocycles. The largest absolute Gasteiger partial charge is 0.482 e. The van der Waals surface area contributed by atoms with Gasteiger partial charge in [0.25, 0.3) is 0 Å². The molecule has 146 valence electrons. The van der Waals surface area contributed by atoms with Crippen molar-refractivity contribution in [2.75, 3.05) is 32.0 Å². The summed E-state index contributed by atoms with van der Waals surface area (Å²) < 4.78 is 11.6. The van der Waals surface area contributed by atoms with Gasteiger partial charge in [0.15, 0.2) is 0 Å². The van der Waals surface area contributed by atoms with Crippen molar-refractivity contribution in [3.63, 3.8) is 0 Å². The Balaban J connectivity index is 1.60. The van der Waals surface area contributed by atoms with Gasteiger partial charge in [0.05, 0.1) is 13.2 Å². The molecule has 2 aromatic carbocycles. The second-order valence-electron chi connectivity index (χ2n) is 7.42. The first-order valence-electron chi connectivity index (χ1n) is 9.84. The molecule has 0 unspecified atom stereocenters. The van der Waals surface area contributed by atoms with Gasteiger partial charge in [-0.25, -0.2) is 0 Å². The zero-order valence-electron chi connectivity index (χ0n) is 16.2. The van der Waals surface area contributed by atoms with E-state index in [4.69, 9.17) is 15.2 Å². The molecule has 1 fully saturated rings. The number of piperidine rings is 1. The average Bonchev–Trinajstić information content (AvgIpc) is 2.70. The Kier molecular flexibility index (Phi) is 5.09. The molecule has 0 atom stereocenters. The van der Waals surface area contributed by atoms with Crippen molar-refractivity contribution < 1.29 is 14.3 Å². The molecule has 5 nitrogen and oxygen atoms in total. The van der Waals surface area contributed by atoms with Gasteiger partial charge in [0.1, 0.15) is 11.4 Å². The van der Waals surface area contributed by atoms with Crippen LogP contribution in [-0.2, 0) is 9.53 Å². The van der Waals surface area contributed by atoms with Gasteiger partial charge >= 0.3 is 5.97 Å². The Morgan fingerprint density at radius 2 is 1.86 bits per heavy atom. The van der Waals surface area contributed by atoms with Crippen molar-refractivity contribution in [1.82, 2.24) is 4.90 Å². The topological polar surface area (TPSA) is 64.8 Å². The van der Waals surface area contributed by atoms with E-state index in [1.54, 1.807) is 0 Å². The maximum absolute atomic E-state index is 11.8. The third kappa shape index (κ3) is 3.76. The monoisotopic (exact) mass is 378 g/mol. The quantitative estimate of drug-likeness (QED) is 0.652. The Bertz CT molecular complexity index is 881. The summed E-state index contributed by atoms with van der Waals surface area (Å²) in [6.07, 6.45) is 3.93. The van der Waals surface area contributed by atoms with Crippen LogP contribution in [0.5, 0.6) is 5.75 Å². The fraction of sp³-hybridized carbons (Fsp3) is 0.348. The Labute approximate surface area is 165 Å². The highest BCUT2D eigenvalue weighted by molar-refractivity contribution is 5.85. The van der Waals surface area contributed by atoms with Gasteiger partial charge in [-0.1, -0.05) is 30.3 Å². The summed E-state index contributed by atoms with van der Waals surface area (Å²) in [5.41, 5.74) is 9.70. The van der Waals surface area contributed by atoms with Crippen LogP contribution in [0.25, 0.3) is 5.57 Å². The number of anilines is 1. The summed E-state index contributed by atoms with van der Waals surface area (Å²) in [5, 5.41) is 0. The lowest BCUT2D eigenvalue weighted by molar-refractivity contribution is -0.145. The predicted octanol–water partition coefficient (Wildman–Crippen LogP) is 3.49. The lowest BCUT2D eigenvalue weighted by Crippen LogP contribution is -2.49. The number of benzene rings is 2. The number of rotatable bonds is 4. The van der Waals surface area contributed by atoms with Crippen LogP contribution >= 0.6 is 0 Å². The van der Waals surface area contributed by atoms with E-state index >= 15 is 0 Å². The summed E-state index contributed by atoms with van der Waals surface area (Å²) in [4.78, 5) is 13.9. The molecule has 0 saturated carbocycles.